The second kappa shape index (κ2) is 7.43. The van der Waals surface area contributed by atoms with Crippen LogP contribution in [-0.4, -0.2) is 74.6 Å². The summed E-state index contributed by atoms with van der Waals surface area (Å²) >= 11 is 0. The molecule has 0 aromatic heterocycles. The molecule has 3 nitrogen and oxygen atoms in total. The Morgan fingerprint density at radius 1 is 0.619 bits per heavy atom. The highest BCUT2D eigenvalue weighted by atomic mass is 15.1. The van der Waals surface area contributed by atoms with Crippen LogP contribution in [0.5, 0.6) is 0 Å². The third kappa shape index (κ3) is 4.43. The van der Waals surface area contributed by atoms with Gasteiger partial charge in [-0.25, -0.2) is 0 Å². The number of hydrogen-bond donors (Lipinski definition) is 0. The lowest BCUT2D eigenvalue weighted by Crippen LogP contribution is -2.43. The molecule has 3 saturated heterocycles. The fourth-order valence-electron chi connectivity index (χ4n) is 4.72. The van der Waals surface area contributed by atoms with E-state index in [1.807, 2.05) is 0 Å². The molecule has 21 heavy (non-hydrogen) atoms. The first kappa shape index (κ1) is 15.8. The predicted octanol–water partition coefficient (Wildman–Crippen LogP) is 2.38. The number of likely N-dealkylation sites (tertiary alicyclic amines) is 3. The van der Waals surface area contributed by atoms with Crippen LogP contribution in [0.1, 0.15) is 38.5 Å². The van der Waals surface area contributed by atoms with Gasteiger partial charge in [-0.3, -0.25) is 0 Å². The summed E-state index contributed by atoms with van der Waals surface area (Å²) in [5, 5.41) is 0. The zero-order valence-corrected chi connectivity index (χ0v) is 14.3. The van der Waals surface area contributed by atoms with Crippen LogP contribution < -0.4 is 0 Å². The highest BCUT2D eigenvalue weighted by molar-refractivity contribution is 4.83. The molecule has 0 aromatic rings. The second-order valence-corrected chi connectivity index (χ2v) is 8.03. The molecular formula is C18H35N3. The van der Waals surface area contributed by atoms with Crippen molar-refractivity contribution in [3.05, 3.63) is 0 Å². The highest BCUT2D eigenvalue weighted by Gasteiger charge is 2.29. The van der Waals surface area contributed by atoms with E-state index in [9.17, 15) is 0 Å². The third-order valence-electron chi connectivity index (χ3n) is 6.42. The lowest BCUT2D eigenvalue weighted by molar-refractivity contribution is 0.0867. The molecule has 0 aliphatic carbocycles. The van der Waals surface area contributed by atoms with E-state index in [1.54, 1.807) is 0 Å². The number of hydrogen-bond acceptors (Lipinski definition) is 3. The quantitative estimate of drug-likeness (QED) is 0.791. The summed E-state index contributed by atoms with van der Waals surface area (Å²) in [7, 11) is 4.55. The fraction of sp³-hybridized carbons (Fsp3) is 1.00. The number of nitrogens with zero attached hydrogens (tertiary/aromatic N) is 3. The maximum Gasteiger partial charge on any atom is 0.00106 e. The first-order valence-corrected chi connectivity index (χ1v) is 9.30. The minimum atomic E-state index is 0.973. The van der Waals surface area contributed by atoms with Crippen molar-refractivity contribution < 1.29 is 0 Å². The molecular weight excluding hydrogens is 258 g/mol. The molecule has 0 atom stereocenters. The van der Waals surface area contributed by atoms with Crippen LogP contribution in [0.25, 0.3) is 0 Å². The minimum absolute atomic E-state index is 0.973. The van der Waals surface area contributed by atoms with E-state index in [0.717, 1.165) is 17.8 Å². The van der Waals surface area contributed by atoms with Gasteiger partial charge in [0.15, 0.2) is 0 Å². The predicted molar refractivity (Wildman–Crippen MR) is 89.6 cm³/mol. The molecule has 3 aliphatic heterocycles. The fourth-order valence-corrected chi connectivity index (χ4v) is 4.72. The van der Waals surface area contributed by atoms with Gasteiger partial charge < -0.3 is 14.7 Å². The molecule has 0 amide bonds. The molecule has 0 unspecified atom stereocenters. The Labute approximate surface area is 131 Å². The standard InChI is InChI=1S/C18H35N3/c1-19-9-3-16(4-10-19)15-21-13-7-18(8-14-21)17-5-11-20(2)12-6-17/h16-18H,3-15H2,1-2H3. The van der Waals surface area contributed by atoms with Gasteiger partial charge in [-0.05, 0) is 110 Å². The topological polar surface area (TPSA) is 9.72 Å². The van der Waals surface area contributed by atoms with Crippen LogP contribution in [-0.2, 0) is 0 Å². The normalized spacial score (nSPS) is 30.0. The van der Waals surface area contributed by atoms with Gasteiger partial charge in [0.05, 0.1) is 0 Å². The van der Waals surface area contributed by atoms with Crippen LogP contribution in [0.15, 0.2) is 0 Å². The summed E-state index contributed by atoms with van der Waals surface area (Å²) in [6, 6.07) is 0. The molecule has 0 aromatic carbocycles. The van der Waals surface area contributed by atoms with Gasteiger partial charge >= 0.3 is 0 Å². The molecule has 3 heterocycles. The Bertz CT molecular complexity index is 296. The Morgan fingerprint density at radius 3 is 1.57 bits per heavy atom. The van der Waals surface area contributed by atoms with Gasteiger partial charge in [-0.1, -0.05) is 0 Å². The van der Waals surface area contributed by atoms with E-state index in [-0.39, 0.29) is 0 Å². The van der Waals surface area contributed by atoms with E-state index in [0.29, 0.717) is 0 Å². The first-order chi connectivity index (χ1) is 10.2. The molecule has 0 radical (unpaired) electrons. The van der Waals surface area contributed by atoms with Crippen molar-refractivity contribution in [3.8, 4) is 0 Å². The Balaban J connectivity index is 1.37. The van der Waals surface area contributed by atoms with E-state index in [4.69, 9.17) is 0 Å². The van der Waals surface area contributed by atoms with Gasteiger partial charge in [0.1, 0.15) is 0 Å². The summed E-state index contributed by atoms with van der Waals surface area (Å²) in [5.74, 6) is 3.04. The maximum absolute atomic E-state index is 2.78. The number of piperidine rings is 3. The lowest BCUT2D eigenvalue weighted by Gasteiger charge is -2.41. The van der Waals surface area contributed by atoms with Crippen molar-refractivity contribution >= 4 is 0 Å². The molecule has 122 valence electrons. The average Bonchev–Trinajstić information content (AvgIpc) is 2.51. The lowest BCUT2D eigenvalue weighted by atomic mass is 9.78. The smallest absolute Gasteiger partial charge is 0.00106 e. The van der Waals surface area contributed by atoms with Crippen molar-refractivity contribution in [3.63, 3.8) is 0 Å². The second-order valence-electron chi connectivity index (χ2n) is 8.03. The molecule has 3 fully saturated rings. The molecule has 3 aliphatic rings. The Morgan fingerprint density at radius 2 is 1.05 bits per heavy atom. The molecule has 3 heteroatoms. The van der Waals surface area contributed by atoms with E-state index in [1.165, 1.54) is 84.3 Å². The van der Waals surface area contributed by atoms with Gasteiger partial charge in [0.2, 0.25) is 0 Å². The van der Waals surface area contributed by atoms with Crippen molar-refractivity contribution in [1.82, 2.24) is 14.7 Å². The number of rotatable bonds is 3. The zero-order valence-electron chi connectivity index (χ0n) is 14.3. The zero-order chi connectivity index (χ0) is 14.7. The Kier molecular flexibility index (Phi) is 5.58. The highest BCUT2D eigenvalue weighted by Crippen LogP contribution is 2.32. The summed E-state index contributed by atoms with van der Waals surface area (Å²) in [4.78, 5) is 7.77. The van der Waals surface area contributed by atoms with E-state index in [2.05, 4.69) is 28.8 Å². The van der Waals surface area contributed by atoms with Crippen molar-refractivity contribution in [2.24, 2.45) is 17.8 Å². The Hall–Kier alpha value is -0.120. The first-order valence-electron chi connectivity index (χ1n) is 9.30. The van der Waals surface area contributed by atoms with Crippen LogP contribution >= 0.6 is 0 Å². The molecule has 0 saturated carbocycles. The van der Waals surface area contributed by atoms with Crippen molar-refractivity contribution in [1.29, 1.82) is 0 Å². The van der Waals surface area contributed by atoms with Crippen LogP contribution in [0.2, 0.25) is 0 Å². The molecule has 0 N–H and O–H groups in total. The monoisotopic (exact) mass is 293 g/mol. The maximum atomic E-state index is 2.78. The average molecular weight is 293 g/mol. The summed E-state index contributed by atoms with van der Waals surface area (Å²) < 4.78 is 0. The summed E-state index contributed by atoms with van der Waals surface area (Å²) in [5.41, 5.74) is 0. The summed E-state index contributed by atoms with van der Waals surface area (Å²) in [6.45, 7) is 9.44. The van der Waals surface area contributed by atoms with E-state index < -0.39 is 0 Å². The van der Waals surface area contributed by atoms with Crippen LogP contribution in [0.4, 0.5) is 0 Å². The van der Waals surface area contributed by atoms with Gasteiger partial charge in [-0.15, -0.1) is 0 Å². The molecule has 0 spiro atoms. The minimum Gasteiger partial charge on any atom is -0.306 e. The molecule has 3 rings (SSSR count). The van der Waals surface area contributed by atoms with E-state index >= 15 is 0 Å². The van der Waals surface area contributed by atoms with Crippen LogP contribution in [0.3, 0.4) is 0 Å². The molecule has 0 bridgehead atoms. The largest absolute Gasteiger partial charge is 0.306 e. The third-order valence-corrected chi connectivity index (χ3v) is 6.42. The van der Waals surface area contributed by atoms with Gasteiger partial charge in [0, 0.05) is 6.54 Å². The van der Waals surface area contributed by atoms with Gasteiger partial charge in [0.25, 0.3) is 0 Å². The van der Waals surface area contributed by atoms with Crippen molar-refractivity contribution in [2.45, 2.75) is 38.5 Å². The van der Waals surface area contributed by atoms with Crippen LogP contribution in [0, 0.1) is 17.8 Å². The van der Waals surface area contributed by atoms with Crippen molar-refractivity contribution in [2.75, 3.05) is 59.9 Å². The SMILES string of the molecule is CN1CCC(CN2CCC(C3CCN(C)CC3)CC2)CC1. The summed E-state index contributed by atoms with van der Waals surface area (Å²) in [6.07, 6.45) is 8.70. The van der Waals surface area contributed by atoms with Gasteiger partial charge in [-0.2, -0.15) is 0 Å².